The van der Waals surface area contributed by atoms with E-state index in [-0.39, 0.29) is 5.82 Å². The number of nitrogens with zero attached hydrogens (tertiary/aromatic N) is 4. The molecule has 0 aliphatic heterocycles. The highest BCUT2D eigenvalue weighted by Crippen LogP contribution is 2.26. The van der Waals surface area contributed by atoms with Crippen LogP contribution in [0.3, 0.4) is 0 Å². The van der Waals surface area contributed by atoms with Crippen molar-refractivity contribution in [2.45, 2.75) is 38.7 Å². The van der Waals surface area contributed by atoms with E-state index in [9.17, 15) is 4.39 Å². The number of nitrogens with one attached hydrogen (secondary N) is 1. The zero-order chi connectivity index (χ0) is 18.6. The Morgan fingerprint density at radius 3 is 2.85 bits per heavy atom. The van der Waals surface area contributed by atoms with Crippen LogP contribution < -0.4 is 5.32 Å². The summed E-state index contributed by atoms with van der Waals surface area (Å²) in [5.41, 5.74) is 0.954. The van der Waals surface area contributed by atoms with Crippen LogP contribution in [-0.2, 0) is 4.74 Å². The minimum Gasteiger partial charge on any atom is -0.376 e. The summed E-state index contributed by atoms with van der Waals surface area (Å²) in [7, 11) is 0. The summed E-state index contributed by atoms with van der Waals surface area (Å²) < 4.78 is 21.7. The van der Waals surface area contributed by atoms with Crippen LogP contribution in [0.2, 0.25) is 0 Å². The second-order valence-electron chi connectivity index (χ2n) is 7.09. The van der Waals surface area contributed by atoms with Gasteiger partial charge in [-0.2, -0.15) is 4.52 Å². The molecule has 0 saturated heterocycles. The molecule has 1 aromatic carbocycles. The number of hydrogen-bond acceptors (Lipinski definition) is 5. The van der Waals surface area contributed by atoms with E-state index in [4.69, 9.17) is 4.74 Å². The van der Waals surface area contributed by atoms with Crippen molar-refractivity contribution >= 4 is 11.5 Å². The lowest BCUT2D eigenvalue weighted by molar-refractivity contribution is 0.000368. The molecule has 27 heavy (non-hydrogen) atoms. The highest BCUT2D eigenvalue weighted by atomic mass is 19.1. The molecule has 3 aromatic rings. The largest absolute Gasteiger partial charge is 0.376 e. The van der Waals surface area contributed by atoms with Gasteiger partial charge >= 0.3 is 0 Å². The van der Waals surface area contributed by atoms with Gasteiger partial charge in [0.1, 0.15) is 11.6 Å². The number of ether oxygens (including phenoxy) is 1. The normalized spacial score (nSPS) is 20.1. The van der Waals surface area contributed by atoms with Gasteiger partial charge in [-0.3, -0.25) is 0 Å². The van der Waals surface area contributed by atoms with E-state index < -0.39 is 0 Å². The van der Waals surface area contributed by atoms with Gasteiger partial charge in [-0.15, -0.1) is 15.3 Å². The van der Waals surface area contributed by atoms with Crippen molar-refractivity contribution in [3.05, 3.63) is 42.2 Å². The zero-order valence-electron chi connectivity index (χ0n) is 15.4. The molecule has 1 aliphatic rings. The fourth-order valence-electron chi connectivity index (χ4n) is 3.61. The number of rotatable bonds is 6. The third-order valence-electron chi connectivity index (χ3n) is 5.15. The smallest absolute Gasteiger partial charge is 0.188 e. The quantitative estimate of drug-likeness (QED) is 0.667. The lowest BCUT2D eigenvalue weighted by atomic mass is 9.88. The van der Waals surface area contributed by atoms with Crippen LogP contribution in [0, 0.1) is 11.7 Å². The number of hydrogen-bond donors (Lipinski definition) is 1. The van der Waals surface area contributed by atoms with Gasteiger partial charge in [-0.25, -0.2) is 4.39 Å². The summed E-state index contributed by atoms with van der Waals surface area (Å²) in [5.74, 6) is 1.36. The van der Waals surface area contributed by atoms with Gasteiger partial charge in [0.2, 0.25) is 0 Å². The van der Waals surface area contributed by atoms with E-state index in [1.807, 2.05) is 12.1 Å². The second kappa shape index (κ2) is 8.00. The van der Waals surface area contributed by atoms with Crippen LogP contribution in [0.5, 0.6) is 0 Å². The van der Waals surface area contributed by atoms with Crippen LogP contribution in [0.25, 0.3) is 17.0 Å². The Morgan fingerprint density at radius 2 is 2.00 bits per heavy atom. The van der Waals surface area contributed by atoms with Crippen LogP contribution in [0.4, 0.5) is 10.2 Å². The first-order valence-electron chi connectivity index (χ1n) is 9.55. The third-order valence-corrected chi connectivity index (χ3v) is 5.15. The Labute approximate surface area is 157 Å². The Bertz CT molecular complexity index is 912. The van der Waals surface area contributed by atoms with Crippen molar-refractivity contribution in [1.29, 1.82) is 0 Å². The lowest BCUT2D eigenvalue weighted by Gasteiger charge is -2.28. The second-order valence-corrected chi connectivity index (χ2v) is 7.09. The van der Waals surface area contributed by atoms with Crippen molar-refractivity contribution in [3.63, 3.8) is 0 Å². The van der Waals surface area contributed by atoms with Crippen molar-refractivity contribution in [3.8, 4) is 11.4 Å². The first-order chi connectivity index (χ1) is 13.2. The third kappa shape index (κ3) is 3.93. The fraction of sp³-hybridized carbons (Fsp3) is 0.450. The van der Waals surface area contributed by atoms with E-state index in [2.05, 4.69) is 27.5 Å². The van der Waals surface area contributed by atoms with Crippen molar-refractivity contribution in [2.75, 3.05) is 18.5 Å². The predicted octanol–water partition coefficient (Wildman–Crippen LogP) is 3.94. The van der Waals surface area contributed by atoms with Gasteiger partial charge in [0.05, 0.1) is 18.3 Å². The highest BCUT2D eigenvalue weighted by Gasteiger charge is 2.21. The summed E-state index contributed by atoms with van der Waals surface area (Å²) in [6.07, 6.45) is 5.34. The highest BCUT2D eigenvalue weighted by molar-refractivity contribution is 5.60. The number of aromatic nitrogens is 4. The molecule has 0 spiro atoms. The fourth-order valence-corrected chi connectivity index (χ4v) is 3.61. The predicted molar refractivity (Wildman–Crippen MR) is 102 cm³/mol. The summed E-state index contributed by atoms with van der Waals surface area (Å²) in [6.45, 7) is 3.57. The zero-order valence-corrected chi connectivity index (χ0v) is 15.4. The molecule has 7 heteroatoms. The Morgan fingerprint density at radius 1 is 1.15 bits per heavy atom. The van der Waals surface area contributed by atoms with Gasteiger partial charge < -0.3 is 10.1 Å². The molecule has 0 bridgehead atoms. The average molecular weight is 369 g/mol. The van der Waals surface area contributed by atoms with Crippen LogP contribution in [0.1, 0.15) is 32.6 Å². The first kappa shape index (κ1) is 17.9. The molecule has 4 rings (SSSR count). The SMILES string of the molecule is CC1CCCCC1OCCNc1ccc2nnc(-c3ccccc3F)n2n1. The maximum atomic E-state index is 14.1. The molecule has 2 aromatic heterocycles. The van der Waals surface area contributed by atoms with E-state index in [0.29, 0.717) is 48.0 Å². The maximum Gasteiger partial charge on any atom is 0.188 e. The molecular formula is C20H24FN5O. The minimum absolute atomic E-state index is 0.345. The Balaban J connectivity index is 1.42. The average Bonchev–Trinajstić information content (AvgIpc) is 3.10. The molecule has 2 unspecified atom stereocenters. The van der Waals surface area contributed by atoms with Gasteiger partial charge in [-0.05, 0) is 43.0 Å². The van der Waals surface area contributed by atoms with Gasteiger partial charge in [-0.1, -0.05) is 31.9 Å². The van der Waals surface area contributed by atoms with Gasteiger partial charge in [0.15, 0.2) is 11.5 Å². The van der Waals surface area contributed by atoms with Gasteiger partial charge in [0, 0.05) is 6.54 Å². The standard InChI is InChI=1S/C20H24FN5O/c1-14-6-2-5-9-17(14)27-13-12-22-18-10-11-19-23-24-20(26(19)25-18)15-7-3-4-8-16(15)21/h3-4,7-8,10-11,14,17H,2,5-6,9,12-13H2,1H3,(H,22,25). The topological polar surface area (TPSA) is 64.3 Å². The summed E-state index contributed by atoms with van der Waals surface area (Å²) in [4.78, 5) is 0. The molecule has 2 heterocycles. The molecule has 1 saturated carbocycles. The summed E-state index contributed by atoms with van der Waals surface area (Å²) in [6, 6.07) is 10.2. The number of anilines is 1. The molecule has 6 nitrogen and oxygen atoms in total. The monoisotopic (exact) mass is 369 g/mol. The minimum atomic E-state index is -0.345. The van der Waals surface area contributed by atoms with Crippen molar-refractivity contribution in [1.82, 2.24) is 19.8 Å². The van der Waals surface area contributed by atoms with Crippen LogP contribution >= 0.6 is 0 Å². The van der Waals surface area contributed by atoms with E-state index in [1.165, 1.54) is 25.3 Å². The Hall–Kier alpha value is -2.54. The Kier molecular flexibility index (Phi) is 5.29. The van der Waals surface area contributed by atoms with Crippen molar-refractivity contribution in [2.24, 2.45) is 5.92 Å². The summed E-state index contributed by atoms with van der Waals surface area (Å²) >= 11 is 0. The first-order valence-corrected chi connectivity index (χ1v) is 9.55. The van der Waals surface area contributed by atoms with E-state index in [1.54, 1.807) is 22.7 Å². The van der Waals surface area contributed by atoms with E-state index >= 15 is 0 Å². The summed E-state index contributed by atoms with van der Waals surface area (Å²) in [5, 5.41) is 15.9. The van der Waals surface area contributed by atoms with Crippen molar-refractivity contribution < 1.29 is 9.13 Å². The lowest BCUT2D eigenvalue weighted by Crippen LogP contribution is -2.27. The van der Waals surface area contributed by atoms with Crippen LogP contribution in [-0.4, -0.2) is 39.1 Å². The molecule has 0 amide bonds. The molecule has 1 fully saturated rings. The maximum absolute atomic E-state index is 14.1. The number of halogens is 1. The molecule has 2 atom stereocenters. The molecular weight excluding hydrogens is 345 g/mol. The number of fused-ring (bicyclic) bond motifs is 1. The van der Waals surface area contributed by atoms with E-state index in [0.717, 1.165) is 6.42 Å². The molecule has 1 N–H and O–H groups in total. The molecule has 1 aliphatic carbocycles. The van der Waals surface area contributed by atoms with Crippen LogP contribution in [0.15, 0.2) is 36.4 Å². The molecule has 142 valence electrons. The molecule has 0 radical (unpaired) electrons. The number of benzene rings is 1. The van der Waals surface area contributed by atoms with Gasteiger partial charge in [0.25, 0.3) is 0 Å².